The molecule has 1 unspecified atom stereocenters. The molecule has 0 bridgehead atoms. The van der Waals surface area contributed by atoms with E-state index in [2.05, 4.69) is 42.5 Å². The van der Waals surface area contributed by atoms with Crippen molar-refractivity contribution in [3.8, 4) is 0 Å². The Morgan fingerprint density at radius 1 is 0.357 bits per heavy atom. The quantitative estimate of drug-likeness (QED) is 0.254. The molecule has 1 atom stereocenters. The molecule has 0 spiro atoms. The molecule has 8 N–H and O–H groups in total. The topological polar surface area (TPSA) is 96.2 Å². The molecule has 0 aromatic heterocycles. The van der Waals surface area contributed by atoms with Crippen molar-refractivity contribution < 1.29 is 0 Å². The molecule has 8 heteroatoms. The molecule has 0 aromatic rings. The fraction of sp³-hybridized carbons (Fsp3) is 1.00. The summed E-state index contributed by atoms with van der Waals surface area (Å²) < 4.78 is 0. The highest BCUT2D eigenvalue weighted by Crippen LogP contribution is 2.03. The first-order valence-corrected chi connectivity index (χ1v) is 11.7. The molecule has 2 saturated heterocycles. The normalized spacial score (nSPS) is 28.1. The van der Waals surface area contributed by atoms with E-state index < -0.39 is 0 Å². The van der Waals surface area contributed by atoms with Crippen LogP contribution in [0.15, 0.2) is 0 Å². The smallest absolute Gasteiger partial charge is 0.0244 e. The minimum Gasteiger partial charge on any atom is -0.315 e. The van der Waals surface area contributed by atoms with Crippen molar-refractivity contribution >= 4 is 0 Å². The van der Waals surface area contributed by atoms with E-state index in [1.807, 2.05) is 0 Å². The molecule has 2 aliphatic rings. The summed E-state index contributed by atoms with van der Waals surface area (Å²) in [5.74, 6) is 0.578. The van der Waals surface area contributed by atoms with Crippen molar-refractivity contribution in [2.45, 2.75) is 25.3 Å². The Morgan fingerprint density at radius 2 is 0.750 bits per heavy atom. The fourth-order valence-electron chi connectivity index (χ4n) is 3.80. The van der Waals surface area contributed by atoms with Crippen molar-refractivity contribution in [3.63, 3.8) is 0 Å². The molecule has 0 aliphatic carbocycles. The minimum atomic E-state index is 0.490. The van der Waals surface area contributed by atoms with Gasteiger partial charge in [-0.05, 0) is 58.5 Å². The van der Waals surface area contributed by atoms with E-state index in [9.17, 15) is 0 Å². The second-order valence-electron chi connectivity index (χ2n) is 7.99. The Labute approximate surface area is 172 Å². The molecule has 0 aromatic carbocycles. The predicted octanol–water partition coefficient (Wildman–Crippen LogP) is -2.11. The lowest BCUT2D eigenvalue weighted by Gasteiger charge is -2.30. The van der Waals surface area contributed by atoms with Gasteiger partial charge >= 0.3 is 0 Å². The molecule has 2 aliphatic heterocycles. The summed E-state index contributed by atoms with van der Waals surface area (Å²) >= 11 is 0. The van der Waals surface area contributed by atoms with Crippen LogP contribution in [0.2, 0.25) is 0 Å². The number of hydrogen-bond acceptors (Lipinski definition) is 8. The van der Waals surface area contributed by atoms with Gasteiger partial charge in [0.1, 0.15) is 0 Å². The second-order valence-corrected chi connectivity index (χ2v) is 7.99. The first-order valence-electron chi connectivity index (χ1n) is 11.7. The maximum atomic E-state index is 3.85. The zero-order chi connectivity index (χ0) is 19.5. The lowest BCUT2D eigenvalue weighted by atomic mass is 9.98. The van der Waals surface area contributed by atoms with Gasteiger partial charge < -0.3 is 42.5 Å². The Kier molecular flexibility index (Phi) is 15.0. The zero-order valence-corrected chi connectivity index (χ0v) is 17.9. The molecule has 2 heterocycles. The first kappa shape index (κ1) is 24.0. The summed E-state index contributed by atoms with van der Waals surface area (Å²) in [5.41, 5.74) is 0. The van der Waals surface area contributed by atoms with Crippen LogP contribution in [-0.4, -0.2) is 104 Å². The van der Waals surface area contributed by atoms with Gasteiger partial charge in [0.2, 0.25) is 0 Å². The Hall–Kier alpha value is -0.320. The van der Waals surface area contributed by atoms with Crippen LogP contribution in [0.5, 0.6) is 0 Å². The fourth-order valence-corrected chi connectivity index (χ4v) is 3.80. The highest BCUT2D eigenvalue weighted by atomic mass is 15.0. The molecule has 2 rings (SSSR count). The maximum absolute atomic E-state index is 3.85. The molecular formula is C20H46N8. The average molecular weight is 399 g/mol. The van der Waals surface area contributed by atoms with E-state index in [4.69, 9.17) is 0 Å². The van der Waals surface area contributed by atoms with Crippen molar-refractivity contribution in [1.29, 1.82) is 0 Å². The van der Waals surface area contributed by atoms with Crippen LogP contribution in [0.1, 0.15) is 19.3 Å². The van der Waals surface area contributed by atoms with Crippen LogP contribution < -0.4 is 42.5 Å². The summed E-state index contributed by atoms with van der Waals surface area (Å²) in [6.45, 7) is 16.0. The number of rotatable bonds is 1. The lowest BCUT2D eigenvalue weighted by molar-refractivity contribution is 0.310. The molecule has 2 fully saturated rings. The average Bonchev–Trinajstić information content (AvgIpc) is 2.71. The second kappa shape index (κ2) is 17.5. The van der Waals surface area contributed by atoms with Gasteiger partial charge in [-0.15, -0.1) is 0 Å². The van der Waals surface area contributed by atoms with Crippen LogP contribution >= 0.6 is 0 Å². The van der Waals surface area contributed by atoms with E-state index in [1.54, 1.807) is 0 Å². The monoisotopic (exact) mass is 398 g/mol. The van der Waals surface area contributed by atoms with Crippen LogP contribution in [0.4, 0.5) is 0 Å². The van der Waals surface area contributed by atoms with Gasteiger partial charge in [-0.3, -0.25) is 0 Å². The van der Waals surface area contributed by atoms with Crippen LogP contribution in [0.25, 0.3) is 0 Å². The van der Waals surface area contributed by atoms with Crippen LogP contribution in [0.3, 0.4) is 0 Å². The molecule has 0 amide bonds. The van der Waals surface area contributed by atoms with E-state index in [-0.39, 0.29) is 0 Å². The third-order valence-corrected chi connectivity index (χ3v) is 5.53. The van der Waals surface area contributed by atoms with Gasteiger partial charge in [-0.2, -0.15) is 0 Å². The van der Waals surface area contributed by atoms with Gasteiger partial charge in [0.15, 0.2) is 0 Å². The van der Waals surface area contributed by atoms with Crippen molar-refractivity contribution in [2.24, 2.45) is 5.92 Å². The first-order chi connectivity index (χ1) is 14.0. The molecule has 0 radical (unpaired) electrons. The molecular weight excluding hydrogens is 352 g/mol. The molecule has 8 nitrogen and oxygen atoms in total. The van der Waals surface area contributed by atoms with Gasteiger partial charge in [0.05, 0.1) is 0 Å². The van der Waals surface area contributed by atoms with Crippen LogP contribution in [0, 0.1) is 5.92 Å². The standard InChI is InChI=1S/C20H46N8/c1-4-22-12-14-26-16-19(17-27-15-13-23-5-1)20-18-25-8-2-6-21-10-11-24-7-3-9-28-20/h19-28H,1-18H2. The number of nitrogens with one attached hydrogen (secondary N) is 8. The van der Waals surface area contributed by atoms with Crippen molar-refractivity contribution in [2.75, 3.05) is 98.2 Å². The Balaban J connectivity index is 1.82. The predicted molar refractivity (Wildman–Crippen MR) is 119 cm³/mol. The summed E-state index contributed by atoms with van der Waals surface area (Å²) in [6.07, 6.45) is 3.56. The minimum absolute atomic E-state index is 0.490. The largest absolute Gasteiger partial charge is 0.315 e. The van der Waals surface area contributed by atoms with Gasteiger partial charge in [0.25, 0.3) is 0 Å². The molecule has 0 saturated carbocycles. The zero-order valence-electron chi connectivity index (χ0n) is 17.9. The summed E-state index contributed by atoms with van der Waals surface area (Å²) in [6, 6.07) is 0.490. The van der Waals surface area contributed by atoms with Gasteiger partial charge in [-0.1, -0.05) is 0 Å². The third-order valence-electron chi connectivity index (χ3n) is 5.53. The van der Waals surface area contributed by atoms with Crippen molar-refractivity contribution in [1.82, 2.24) is 42.5 Å². The van der Waals surface area contributed by atoms with E-state index in [1.165, 1.54) is 19.3 Å². The van der Waals surface area contributed by atoms with E-state index >= 15 is 0 Å². The van der Waals surface area contributed by atoms with Crippen LogP contribution in [-0.2, 0) is 0 Å². The lowest BCUT2D eigenvalue weighted by Crippen LogP contribution is -2.52. The van der Waals surface area contributed by atoms with Gasteiger partial charge in [-0.25, -0.2) is 0 Å². The highest BCUT2D eigenvalue weighted by molar-refractivity contribution is 4.83. The number of hydrogen-bond donors (Lipinski definition) is 8. The molecule has 28 heavy (non-hydrogen) atoms. The highest BCUT2D eigenvalue weighted by Gasteiger charge is 2.20. The van der Waals surface area contributed by atoms with E-state index in [0.29, 0.717) is 12.0 Å². The summed E-state index contributed by atoms with van der Waals surface area (Å²) in [4.78, 5) is 0. The van der Waals surface area contributed by atoms with Gasteiger partial charge in [0, 0.05) is 70.9 Å². The SMILES string of the molecule is C1CNCCNCC(C2CNCCCNCCNCCCN2)CNCCNC1. The Bertz CT molecular complexity index is 284. The summed E-state index contributed by atoms with van der Waals surface area (Å²) in [5, 5.41) is 29.0. The van der Waals surface area contributed by atoms with E-state index in [0.717, 1.165) is 98.2 Å². The third kappa shape index (κ3) is 12.3. The Morgan fingerprint density at radius 3 is 1.29 bits per heavy atom. The summed E-state index contributed by atoms with van der Waals surface area (Å²) in [7, 11) is 0. The van der Waals surface area contributed by atoms with Crippen molar-refractivity contribution in [3.05, 3.63) is 0 Å². The molecule has 166 valence electrons. The maximum Gasteiger partial charge on any atom is 0.0244 e.